The molecular formula is C18H24N2O. The van der Waals surface area contributed by atoms with E-state index in [2.05, 4.69) is 13.0 Å². The normalized spacial score (nSPS) is 11.5. The lowest BCUT2D eigenvalue weighted by atomic mass is 9.93. The predicted octanol–water partition coefficient (Wildman–Crippen LogP) is 4.04. The van der Waals surface area contributed by atoms with Crippen molar-refractivity contribution in [3.8, 4) is 17.0 Å². The third-order valence-electron chi connectivity index (χ3n) is 3.38. The van der Waals surface area contributed by atoms with Gasteiger partial charge in [-0.15, -0.1) is 0 Å². The summed E-state index contributed by atoms with van der Waals surface area (Å²) < 4.78 is 5.68. The number of aromatic nitrogens is 1. The maximum Gasteiger partial charge on any atom is 0.119 e. The SMILES string of the molecule is CCCOc1cccc(-c2ccc(C(C)(C)N)c(C)n2)c1. The maximum absolute atomic E-state index is 6.17. The van der Waals surface area contributed by atoms with Crippen LogP contribution in [0.5, 0.6) is 5.75 Å². The molecule has 0 saturated carbocycles. The Morgan fingerprint density at radius 2 is 1.95 bits per heavy atom. The van der Waals surface area contributed by atoms with Crippen molar-refractivity contribution in [2.75, 3.05) is 6.61 Å². The largest absolute Gasteiger partial charge is 0.494 e. The van der Waals surface area contributed by atoms with E-state index in [0.29, 0.717) is 0 Å². The first-order chi connectivity index (χ1) is 9.91. The Hall–Kier alpha value is -1.87. The van der Waals surface area contributed by atoms with Crippen LogP contribution in [0.3, 0.4) is 0 Å². The van der Waals surface area contributed by atoms with Crippen LogP contribution < -0.4 is 10.5 Å². The van der Waals surface area contributed by atoms with Crippen LogP contribution in [-0.2, 0) is 5.54 Å². The van der Waals surface area contributed by atoms with E-state index in [1.807, 2.05) is 51.1 Å². The first-order valence-electron chi connectivity index (χ1n) is 7.42. The fraction of sp³-hybridized carbons (Fsp3) is 0.389. The number of aryl methyl sites for hydroxylation is 1. The van der Waals surface area contributed by atoms with Gasteiger partial charge in [0, 0.05) is 16.8 Å². The van der Waals surface area contributed by atoms with Crippen molar-refractivity contribution in [1.29, 1.82) is 0 Å². The van der Waals surface area contributed by atoms with Gasteiger partial charge in [0.2, 0.25) is 0 Å². The van der Waals surface area contributed by atoms with Crippen LogP contribution in [-0.4, -0.2) is 11.6 Å². The lowest BCUT2D eigenvalue weighted by Gasteiger charge is -2.21. The van der Waals surface area contributed by atoms with Crippen LogP contribution in [0.25, 0.3) is 11.3 Å². The van der Waals surface area contributed by atoms with Crippen LogP contribution in [0, 0.1) is 6.92 Å². The van der Waals surface area contributed by atoms with E-state index in [0.717, 1.165) is 41.3 Å². The maximum atomic E-state index is 6.17. The quantitative estimate of drug-likeness (QED) is 0.901. The summed E-state index contributed by atoms with van der Waals surface area (Å²) in [5.74, 6) is 0.886. The van der Waals surface area contributed by atoms with E-state index < -0.39 is 0 Å². The summed E-state index contributed by atoms with van der Waals surface area (Å²) in [6, 6.07) is 12.1. The fourth-order valence-electron chi connectivity index (χ4n) is 2.37. The molecule has 112 valence electrons. The van der Waals surface area contributed by atoms with Gasteiger partial charge in [-0.2, -0.15) is 0 Å². The average Bonchev–Trinajstić information content (AvgIpc) is 2.44. The smallest absolute Gasteiger partial charge is 0.119 e. The van der Waals surface area contributed by atoms with E-state index in [-0.39, 0.29) is 5.54 Å². The number of ether oxygens (including phenoxy) is 1. The van der Waals surface area contributed by atoms with Gasteiger partial charge in [-0.05, 0) is 51.0 Å². The molecule has 0 unspecified atom stereocenters. The molecule has 3 heteroatoms. The molecule has 0 spiro atoms. The number of hydrogen-bond donors (Lipinski definition) is 1. The number of nitrogens with zero attached hydrogens (tertiary/aromatic N) is 1. The summed E-state index contributed by atoms with van der Waals surface area (Å²) in [5, 5.41) is 0. The van der Waals surface area contributed by atoms with Crippen LogP contribution in [0.1, 0.15) is 38.4 Å². The lowest BCUT2D eigenvalue weighted by Crippen LogP contribution is -2.29. The standard InChI is InChI=1S/C18H24N2O/c1-5-11-21-15-8-6-7-14(12-15)17-10-9-16(13(2)20-17)18(3,4)19/h6-10,12H,5,11,19H2,1-4H3. The van der Waals surface area contributed by atoms with Crippen LogP contribution in [0.15, 0.2) is 36.4 Å². The fourth-order valence-corrected chi connectivity index (χ4v) is 2.37. The highest BCUT2D eigenvalue weighted by Gasteiger charge is 2.17. The van der Waals surface area contributed by atoms with Gasteiger partial charge in [0.05, 0.1) is 12.3 Å². The van der Waals surface area contributed by atoms with Gasteiger partial charge in [-0.3, -0.25) is 4.98 Å². The monoisotopic (exact) mass is 284 g/mol. The molecule has 0 atom stereocenters. The second-order valence-corrected chi connectivity index (χ2v) is 5.93. The highest BCUT2D eigenvalue weighted by atomic mass is 16.5. The van der Waals surface area contributed by atoms with E-state index in [1.165, 1.54) is 0 Å². The second-order valence-electron chi connectivity index (χ2n) is 5.93. The summed E-state index contributed by atoms with van der Waals surface area (Å²) in [5.41, 5.74) is 9.85. The first kappa shape index (κ1) is 15.5. The van der Waals surface area contributed by atoms with Crippen molar-refractivity contribution < 1.29 is 4.74 Å². The van der Waals surface area contributed by atoms with Crippen molar-refractivity contribution in [1.82, 2.24) is 4.98 Å². The topological polar surface area (TPSA) is 48.1 Å². The summed E-state index contributed by atoms with van der Waals surface area (Å²) in [4.78, 5) is 4.70. The minimum atomic E-state index is -0.373. The third-order valence-corrected chi connectivity index (χ3v) is 3.38. The molecule has 3 nitrogen and oxygen atoms in total. The number of rotatable bonds is 5. The van der Waals surface area contributed by atoms with Crippen molar-refractivity contribution in [2.24, 2.45) is 5.73 Å². The Bertz CT molecular complexity index is 615. The van der Waals surface area contributed by atoms with Gasteiger partial charge in [0.25, 0.3) is 0 Å². The predicted molar refractivity (Wildman–Crippen MR) is 87.4 cm³/mol. The number of nitrogens with two attached hydrogens (primary N) is 1. The molecule has 2 aromatic rings. The van der Waals surface area contributed by atoms with Crippen LogP contribution in [0.4, 0.5) is 0 Å². The zero-order valence-electron chi connectivity index (χ0n) is 13.3. The van der Waals surface area contributed by atoms with Gasteiger partial charge < -0.3 is 10.5 Å². The molecule has 0 fully saturated rings. The third kappa shape index (κ3) is 3.82. The Morgan fingerprint density at radius 1 is 1.19 bits per heavy atom. The zero-order chi connectivity index (χ0) is 15.5. The Balaban J connectivity index is 2.32. The minimum absolute atomic E-state index is 0.373. The molecule has 0 aliphatic heterocycles. The Labute approximate surface area is 127 Å². The molecule has 1 aromatic heterocycles. The molecule has 21 heavy (non-hydrogen) atoms. The van der Waals surface area contributed by atoms with Gasteiger partial charge in [-0.1, -0.05) is 25.1 Å². The Kier molecular flexibility index (Phi) is 4.63. The molecule has 0 radical (unpaired) electrons. The highest BCUT2D eigenvalue weighted by Crippen LogP contribution is 2.26. The molecule has 2 N–H and O–H groups in total. The summed E-state index contributed by atoms with van der Waals surface area (Å²) in [6.45, 7) is 8.83. The van der Waals surface area contributed by atoms with Crippen molar-refractivity contribution in [3.05, 3.63) is 47.7 Å². The second kappa shape index (κ2) is 6.27. The van der Waals surface area contributed by atoms with Gasteiger partial charge >= 0.3 is 0 Å². The summed E-state index contributed by atoms with van der Waals surface area (Å²) in [6.07, 6.45) is 1.00. The lowest BCUT2D eigenvalue weighted by molar-refractivity contribution is 0.317. The van der Waals surface area contributed by atoms with E-state index in [4.69, 9.17) is 15.5 Å². The van der Waals surface area contributed by atoms with Gasteiger partial charge in [0.15, 0.2) is 0 Å². The molecule has 0 amide bonds. The molecule has 0 aliphatic rings. The van der Waals surface area contributed by atoms with E-state index >= 15 is 0 Å². The highest BCUT2D eigenvalue weighted by molar-refractivity contribution is 5.62. The van der Waals surface area contributed by atoms with Gasteiger partial charge in [0.1, 0.15) is 5.75 Å². The number of benzene rings is 1. The minimum Gasteiger partial charge on any atom is -0.494 e. The molecule has 1 aromatic carbocycles. The number of hydrogen-bond acceptors (Lipinski definition) is 3. The average molecular weight is 284 g/mol. The zero-order valence-corrected chi connectivity index (χ0v) is 13.3. The molecule has 2 rings (SSSR count). The van der Waals surface area contributed by atoms with Gasteiger partial charge in [-0.25, -0.2) is 0 Å². The summed E-state index contributed by atoms with van der Waals surface area (Å²) in [7, 11) is 0. The molecule has 1 heterocycles. The molecule has 0 saturated heterocycles. The number of pyridine rings is 1. The van der Waals surface area contributed by atoms with Crippen molar-refractivity contribution in [2.45, 2.75) is 39.7 Å². The van der Waals surface area contributed by atoms with Crippen molar-refractivity contribution >= 4 is 0 Å². The van der Waals surface area contributed by atoms with E-state index in [9.17, 15) is 0 Å². The molecule has 0 bridgehead atoms. The van der Waals surface area contributed by atoms with Crippen LogP contribution in [0.2, 0.25) is 0 Å². The van der Waals surface area contributed by atoms with Crippen molar-refractivity contribution in [3.63, 3.8) is 0 Å². The van der Waals surface area contributed by atoms with Crippen LogP contribution >= 0.6 is 0 Å². The first-order valence-corrected chi connectivity index (χ1v) is 7.42. The Morgan fingerprint density at radius 3 is 2.57 bits per heavy atom. The molecular weight excluding hydrogens is 260 g/mol. The summed E-state index contributed by atoms with van der Waals surface area (Å²) >= 11 is 0. The van der Waals surface area contributed by atoms with E-state index in [1.54, 1.807) is 0 Å². The molecule has 0 aliphatic carbocycles.